The molecular formula is C15H32O2Si. The van der Waals surface area contributed by atoms with Gasteiger partial charge in [0.05, 0.1) is 12.7 Å². The van der Waals surface area contributed by atoms with Crippen LogP contribution in [0, 0.1) is 0 Å². The van der Waals surface area contributed by atoms with Crippen LogP contribution in [0.25, 0.3) is 0 Å². The minimum Gasteiger partial charge on any atom is -0.414 e. The Balaban J connectivity index is 2.47. The lowest BCUT2D eigenvalue weighted by atomic mass is 10.1. The number of hydrogen-bond acceptors (Lipinski definition) is 2. The number of rotatable bonds is 8. The molecule has 0 spiro atoms. The first-order chi connectivity index (χ1) is 8.26. The van der Waals surface area contributed by atoms with E-state index in [9.17, 15) is 0 Å². The highest BCUT2D eigenvalue weighted by Gasteiger charge is 2.40. The molecule has 0 aromatic carbocycles. The predicted octanol–water partition coefficient (Wildman–Crippen LogP) is 4.75. The van der Waals surface area contributed by atoms with E-state index in [1.807, 2.05) is 0 Å². The molecule has 0 saturated carbocycles. The van der Waals surface area contributed by atoms with Crippen LogP contribution in [-0.4, -0.2) is 27.1 Å². The molecule has 108 valence electrons. The third-order valence-electron chi connectivity index (χ3n) is 4.33. The summed E-state index contributed by atoms with van der Waals surface area (Å²) in [5.41, 5.74) is 0. The van der Waals surface area contributed by atoms with Crippen LogP contribution in [0.5, 0.6) is 0 Å². The van der Waals surface area contributed by atoms with Crippen molar-refractivity contribution in [1.82, 2.24) is 0 Å². The lowest BCUT2D eigenvalue weighted by molar-refractivity contribution is 0.146. The normalized spacial score (nSPS) is 22.0. The van der Waals surface area contributed by atoms with Gasteiger partial charge in [0, 0.05) is 12.5 Å². The number of ether oxygens (including phenoxy) is 1. The summed E-state index contributed by atoms with van der Waals surface area (Å²) in [7, 11) is -1.62. The molecule has 1 aliphatic heterocycles. The summed E-state index contributed by atoms with van der Waals surface area (Å²) in [6.45, 7) is 14.9. The maximum Gasteiger partial charge on any atom is 0.192 e. The van der Waals surface area contributed by atoms with E-state index in [0.29, 0.717) is 17.2 Å². The highest BCUT2D eigenvalue weighted by molar-refractivity contribution is 6.74. The van der Waals surface area contributed by atoms with E-state index >= 15 is 0 Å². The Morgan fingerprint density at radius 3 is 2.33 bits per heavy atom. The zero-order valence-corrected chi connectivity index (χ0v) is 14.2. The van der Waals surface area contributed by atoms with Crippen LogP contribution < -0.4 is 0 Å². The second kappa shape index (κ2) is 6.53. The SMILES string of the molecule is CCCCC[C@H](CC1CO1)O[Si](C)(C)C(C)(C)C. The molecule has 0 bridgehead atoms. The Kier molecular flexibility index (Phi) is 5.88. The van der Waals surface area contributed by atoms with Crippen LogP contribution in [0.4, 0.5) is 0 Å². The fraction of sp³-hybridized carbons (Fsp3) is 1.00. The van der Waals surface area contributed by atoms with E-state index in [2.05, 4.69) is 40.8 Å². The third kappa shape index (κ3) is 5.41. The second-order valence-corrected chi connectivity index (χ2v) is 11.9. The largest absolute Gasteiger partial charge is 0.414 e. The first-order valence-corrected chi connectivity index (χ1v) is 10.5. The van der Waals surface area contributed by atoms with Gasteiger partial charge >= 0.3 is 0 Å². The maximum absolute atomic E-state index is 6.56. The average Bonchev–Trinajstić information content (AvgIpc) is 2.99. The molecule has 1 fully saturated rings. The van der Waals surface area contributed by atoms with E-state index in [1.54, 1.807) is 0 Å². The maximum atomic E-state index is 6.56. The first-order valence-electron chi connectivity index (χ1n) is 7.55. The van der Waals surface area contributed by atoms with E-state index in [0.717, 1.165) is 13.0 Å². The molecule has 0 aliphatic carbocycles. The van der Waals surface area contributed by atoms with Crippen LogP contribution in [-0.2, 0) is 9.16 Å². The van der Waals surface area contributed by atoms with Crippen LogP contribution in [0.15, 0.2) is 0 Å². The van der Waals surface area contributed by atoms with Gasteiger partial charge in [0.15, 0.2) is 8.32 Å². The zero-order valence-electron chi connectivity index (χ0n) is 13.2. The number of hydrogen-bond donors (Lipinski definition) is 0. The summed E-state index contributed by atoms with van der Waals surface area (Å²) in [5, 5.41) is 0.306. The van der Waals surface area contributed by atoms with Crippen molar-refractivity contribution in [3.8, 4) is 0 Å². The number of epoxide rings is 1. The van der Waals surface area contributed by atoms with Crippen molar-refractivity contribution >= 4 is 8.32 Å². The molecule has 1 unspecified atom stereocenters. The van der Waals surface area contributed by atoms with Crippen LogP contribution in [0.3, 0.4) is 0 Å². The quantitative estimate of drug-likeness (QED) is 0.361. The van der Waals surface area contributed by atoms with Crippen LogP contribution >= 0.6 is 0 Å². The Labute approximate surface area is 115 Å². The molecule has 18 heavy (non-hydrogen) atoms. The first kappa shape index (κ1) is 16.2. The Morgan fingerprint density at radius 1 is 1.28 bits per heavy atom. The molecule has 1 saturated heterocycles. The van der Waals surface area contributed by atoms with Crippen LogP contribution in [0.2, 0.25) is 18.1 Å². The minimum absolute atomic E-state index is 0.306. The van der Waals surface area contributed by atoms with Gasteiger partial charge in [-0.3, -0.25) is 0 Å². The highest BCUT2D eigenvalue weighted by Crippen LogP contribution is 2.38. The van der Waals surface area contributed by atoms with Crippen molar-refractivity contribution in [3.63, 3.8) is 0 Å². The van der Waals surface area contributed by atoms with E-state index < -0.39 is 8.32 Å². The molecule has 1 heterocycles. The summed E-state index contributed by atoms with van der Waals surface area (Å²) in [5.74, 6) is 0. The fourth-order valence-electron chi connectivity index (χ4n) is 1.94. The Hall–Kier alpha value is 0.137. The van der Waals surface area contributed by atoms with Crippen molar-refractivity contribution in [2.75, 3.05) is 6.61 Å². The summed E-state index contributed by atoms with van der Waals surface area (Å²) < 4.78 is 11.9. The molecule has 0 aromatic rings. The number of unbranched alkanes of at least 4 members (excludes halogenated alkanes) is 2. The van der Waals surface area contributed by atoms with E-state index in [-0.39, 0.29) is 0 Å². The van der Waals surface area contributed by atoms with Gasteiger partial charge in [-0.1, -0.05) is 47.0 Å². The zero-order chi connectivity index (χ0) is 13.8. The standard InChI is InChI=1S/C15H32O2Si/c1-7-8-9-10-13(11-14-12-16-14)17-18(5,6)15(2,3)4/h13-14H,7-12H2,1-6H3/t13-,14?/m1/s1. The lowest BCUT2D eigenvalue weighted by Crippen LogP contribution is -2.44. The molecule has 0 amide bonds. The smallest absolute Gasteiger partial charge is 0.192 e. The van der Waals surface area contributed by atoms with Crippen molar-refractivity contribution in [3.05, 3.63) is 0 Å². The summed E-state index contributed by atoms with van der Waals surface area (Å²) in [6, 6.07) is 0. The monoisotopic (exact) mass is 272 g/mol. The van der Waals surface area contributed by atoms with Gasteiger partial charge in [-0.2, -0.15) is 0 Å². The Morgan fingerprint density at radius 2 is 1.89 bits per heavy atom. The average molecular weight is 273 g/mol. The third-order valence-corrected chi connectivity index (χ3v) is 8.86. The van der Waals surface area contributed by atoms with Gasteiger partial charge < -0.3 is 9.16 Å². The topological polar surface area (TPSA) is 21.8 Å². The van der Waals surface area contributed by atoms with E-state index in [4.69, 9.17) is 9.16 Å². The summed E-state index contributed by atoms with van der Waals surface area (Å²) >= 11 is 0. The van der Waals surface area contributed by atoms with Gasteiger partial charge in [-0.05, 0) is 24.6 Å². The minimum atomic E-state index is -1.62. The van der Waals surface area contributed by atoms with Crippen molar-refractivity contribution in [2.24, 2.45) is 0 Å². The summed E-state index contributed by atoms with van der Waals surface area (Å²) in [6.07, 6.45) is 7.13. The van der Waals surface area contributed by atoms with Gasteiger partial charge in [0.25, 0.3) is 0 Å². The molecule has 1 rings (SSSR count). The molecule has 0 radical (unpaired) electrons. The molecule has 1 aliphatic rings. The lowest BCUT2D eigenvalue weighted by Gasteiger charge is -2.39. The van der Waals surface area contributed by atoms with Crippen molar-refractivity contribution in [1.29, 1.82) is 0 Å². The highest BCUT2D eigenvalue weighted by atomic mass is 28.4. The molecule has 2 atom stereocenters. The molecule has 0 aromatic heterocycles. The van der Waals surface area contributed by atoms with Gasteiger partial charge in [0.1, 0.15) is 0 Å². The van der Waals surface area contributed by atoms with Crippen molar-refractivity contribution < 1.29 is 9.16 Å². The Bertz CT molecular complexity index is 241. The summed E-state index contributed by atoms with van der Waals surface area (Å²) in [4.78, 5) is 0. The molecule has 2 nitrogen and oxygen atoms in total. The predicted molar refractivity (Wildman–Crippen MR) is 80.6 cm³/mol. The fourth-order valence-corrected chi connectivity index (χ4v) is 3.34. The molecular weight excluding hydrogens is 240 g/mol. The van der Waals surface area contributed by atoms with Crippen molar-refractivity contribution in [2.45, 2.75) is 90.1 Å². The molecule has 0 N–H and O–H groups in total. The van der Waals surface area contributed by atoms with Gasteiger partial charge in [0.2, 0.25) is 0 Å². The second-order valence-electron chi connectivity index (χ2n) is 7.19. The van der Waals surface area contributed by atoms with E-state index in [1.165, 1.54) is 25.7 Å². The molecule has 3 heteroatoms. The van der Waals surface area contributed by atoms with Gasteiger partial charge in [-0.15, -0.1) is 0 Å². The van der Waals surface area contributed by atoms with Crippen LogP contribution in [0.1, 0.15) is 59.8 Å². The van der Waals surface area contributed by atoms with Gasteiger partial charge in [-0.25, -0.2) is 0 Å².